The number of anilines is 2. The lowest BCUT2D eigenvalue weighted by Gasteiger charge is -2.21. The summed E-state index contributed by atoms with van der Waals surface area (Å²) in [6.45, 7) is 1.61. The molecule has 0 aromatic heterocycles. The molecule has 2 aromatic carbocycles. The van der Waals surface area contributed by atoms with Gasteiger partial charge < -0.3 is 15.0 Å². The van der Waals surface area contributed by atoms with Gasteiger partial charge in [-0.15, -0.1) is 0 Å². The van der Waals surface area contributed by atoms with Crippen LogP contribution in [0.15, 0.2) is 48.5 Å². The first kappa shape index (κ1) is 17.5. The number of nitrogens with one attached hydrogen (secondary N) is 1. The SMILES string of the molecule is COc1cccc(NC(=O)CCN(C(C)=O)c2ccc(F)cc2)c1. The number of rotatable bonds is 6. The van der Waals surface area contributed by atoms with Gasteiger partial charge in [0.1, 0.15) is 11.6 Å². The highest BCUT2D eigenvalue weighted by Gasteiger charge is 2.13. The largest absolute Gasteiger partial charge is 0.497 e. The Morgan fingerprint density at radius 2 is 1.88 bits per heavy atom. The maximum atomic E-state index is 13.0. The highest BCUT2D eigenvalue weighted by molar-refractivity contribution is 5.94. The predicted molar refractivity (Wildman–Crippen MR) is 90.7 cm³/mol. The van der Waals surface area contributed by atoms with Crippen LogP contribution < -0.4 is 15.0 Å². The molecule has 6 heteroatoms. The minimum absolute atomic E-state index is 0.119. The number of nitrogens with zero attached hydrogens (tertiary/aromatic N) is 1. The summed E-state index contributed by atoms with van der Waals surface area (Å²) in [7, 11) is 1.55. The first-order valence-electron chi connectivity index (χ1n) is 7.47. The van der Waals surface area contributed by atoms with E-state index < -0.39 is 0 Å². The van der Waals surface area contributed by atoms with Gasteiger partial charge in [0.05, 0.1) is 7.11 Å². The highest BCUT2D eigenvalue weighted by Crippen LogP contribution is 2.18. The average Bonchev–Trinajstić information content (AvgIpc) is 2.56. The molecule has 1 N–H and O–H groups in total. The van der Waals surface area contributed by atoms with Gasteiger partial charge >= 0.3 is 0 Å². The standard InChI is InChI=1S/C18H19FN2O3/c1-13(22)21(16-8-6-14(19)7-9-16)11-10-18(23)20-15-4-3-5-17(12-15)24-2/h3-9,12H,10-11H2,1-2H3,(H,20,23). The van der Waals surface area contributed by atoms with Crippen LogP contribution in [0.2, 0.25) is 0 Å². The van der Waals surface area contributed by atoms with Gasteiger partial charge in [0.15, 0.2) is 0 Å². The molecule has 0 heterocycles. The normalized spacial score (nSPS) is 10.1. The van der Waals surface area contributed by atoms with E-state index in [0.29, 0.717) is 17.1 Å². The van der Waals surface area contributed by atoms with E-state index in [2.05, 4.69) is 5.32 Å². The third-order valence-electron chi connectivity index (χ3n) is 3.43. The Labute approximate surface area is 140 Å². The number of methoxy groups -OCH3 is 1. The van der Waals surface area contributed by atoms with E-state index in [4.69, 9.17) is 4.74 Å². The van der Waals surface area contributed by atoms with Crippen molar-refractivity contribution in [3.8, 4) is 5.75 Å². The van der Waals surface area contributed by atoms with Crippen LogP contribution in [0.3, 0.4) is 0 Å². The zero-order valence-electron chi connectivity index (χ0n) is 13.6. The molecule has 0 fully saturated rings. The van der Waals surface area contributed by atoms with Gasteiger partial charge in [0, 0.05) is 37.3 Å². The molecule has 0 radical (unpaired) electrons. The van der Waals surface area contributed by atoms with Crippen molar-refractivity contribution in [1.29, 1.82) is 0 Å². The quantitative estimate of drug-likeness (QED) is 0.885. The summed E-state index contributed by atoms with van der Waals surface area (Å²) in [6.07, 6.45) is 0.119. The maximum Gasteiger partial charge on any atom is 0.226 e. The van der Waals surface area contributed by atoms with Crippen LogP contribution in [0, 0.1) is 5.82 Å². The van der Waals surface area contributed by atoms with E-state index in [0.717, 1.165) is 0 Å². The molecule has 0 saturated heterocycles. The lowest BCUT2D eigenvalue weighted by molar-refractivity contribution is -0.117. The monoisotopic (exact) mass is 330 g/mol. The molecule has 0 aliphatic rings. The summed E-state index contributed by atoms with van der Waals surface area (Å²) in [4.78, 5) is 25.3. The van der Waals surface area contributed by atoms with Gasteiger partial charge in [-0.1, -0.05) is 6.07 Å². The molecule has 5 nitrogen and oxygen atoms in total. The number of ether oxygens (including phenoxy) is 1. The highest BCUT2D eigenvalue weighted by atomic mass is 19.1. The van der Waals surface area contributed by atoms with E-state index in [1.807, 2.05) is 0 Å². The van der Waals surface area contributed by atoms with Crippen molar-refractivity contribution in [2.24, 2.45) is 0 Å². The number of halogens is 1. The molecule has 0 bridgehead atoms. The Hall–Kier alpha value is -2.89. The Morgan fingerprint density at radius 1 is 1.17 bits per heavy atom. The van der Waals surface area contributed by atoms with Crippen LogP contribution in [-0.2, 0) is 9.59 Å². The van der Waals surface area contributed by atoms with Crippen molar-refractivity contribution >= 4 is 23.2 Å². The molecule has 0 unspecified atom stereocenters. The number of hydrogen-bond donors (Lipinski definition) is 1. The molecule has 2 amide bonds. The van der Waals surface area contributed by atoms with Gasteiger partial charge in [0.25, 0.3) is 0 Å². The van der Waals surface area contributed by atoms with Crippen molar-refractivity contribution in [2.75, 3.05) is 23.9 Å². The van der Waals surface area contributed by atoms with Crippen LogP contribution in [-0.4, -0.2) is 25.5 Å². The molecule has 126 valence electrons. The van der Waals surface area contributed by atoms with Crippen molar-refractivity contribution in [3.63, 3.8) is 0 Å². The zero-order valence-corrected chi connectivity index (χ0v) is 13.6. The van der Waals surface area contributed by atoms with E-state index >= 15 is 0 Å². The van der Waals surface area contributed by atoms with Crippen LogP contribution in [0.4, 0.5) is 15.8 Å². The van der Waals surface area contributed by atoms with E-state index in [9.17, 15) is 14.0 Å². The third-order valence-corrected chi connectivity index (χ3v) is 3.43. The summed E-state index contributed by atoms with van der Waals surface area (Å²) < 4.78 is 18.1. The number of hydrogen-bond acceptors (Lipinski definition) is 3. The molecule has 24 heavy (non-hydrogen) atoms. The molecule has 0 saturated carbocycles. The van der Waals surface area contributed by atoms with Crippen molar-refractivity contribution in [3.05, 3.63) is 54.3 Å². The molecule has 0 aliphatic carbocycles. The van der Waals surface area contributed by atoms with Crippen LogP contribution in [0.1, 0.15) is 13.3 Å². The Bertz CT molecular complexity index is 716. The fraction of sp³-hybridized carbons (Fsp3) is 0.222. The summed E-state index contributed by atoms with van der Waals surface area (Å²) in [5, 5.41) is 2.75. The first-order chi connectivity index (χ1) is 11.5. The Balaban J connectivity index is 1.97. The zero-order chi connectivity index (χ0) is 17.5. The number of amides is 2. The lowest BCUT2D eigenvalue weighted by Crippen LogP contribution is -2.31. The fourth-order valence-electron chi connectivity index (χ4n) is 2.23. The second-order valence-electron chi connectivity index (χ2n) is 5.18. The minimum Gasteiger partial charge on any atom is -0.497 e. The maximum absolute atomic E-state index is 13.0. The van der Waals surface area contributed by atoms with Crippen LogP contribution >= 0.6 is 0 Å². The topological polar surface area (TPSA) is 58.6 Å². The first-order valence-corrected chi connectivity index (χ1v) is 7.47. The van der Waals surface area contributed by atoms with Gasteiger partial charge in [-0.05, 0) is 36.4 Å². The van der Waals surface area contributed by atoms with Crippen molar-refractivity contribution in [2.45, 2.75) is 13.3 Å². The lowest BCUT2D eigenvalue weighted by atomic mass is 10.2. The van der Waals surface area contributed by atoms with Crippen LogP contribution in [0.25, 0.3) is 0 Å². The summed E-state index contributed by atoms with van der Waals surface area (Å²) in [5.41, 5.74) is 1.17. The molecular formula is C18H19FN2O3. The van der Waals surface area contributed by atoms with Gasteiger partial charge in [-0.2, -0.15) is 0 Å². The second-order valence-corrected chi connectivity index (χ2v) is 5.18. The summed E-state index contributed by atoms with van der Waals surface area (Å²) in [5.74, 6) is -0.171. The van der Waals surface area contributed by atoms with Crippen molar-refractivity contribution in [1.82, 2.24) is 0 Å². The van der Waals surface area contributed by atoms with E-state index in [1.54, 1.807) is 31.4 Å². The van der Waals surface area contributed by atoms with Crippen molar-refractivity contribution < 1.29 is 18.7 Å². The Kier molecular flexibility index (Phi) is 5.89. The molecule has 0 aliphatic heterocycles. The third kappa shape index (κ3) is 4.81. The van der Waals surface area contributed by atoms with Crippen LogP contribution in [0.5, 0.6) is 5.75 Å². The van der Waals surface area contributed by atoms with E-state index in [1.165, 1.54) is 36.1 Å². The van der Waals surface area contributed by atoms with Gasteiger partial charge in [-0.25, -0.2) is 4.39 Å². The van der Waals surface area contributed by atoms with Gasteiger partial charge in [0.2, 0.25) is 11.8 Å². The molecule has 0 spiro atoms. The second kappa shape index (κ2) is 8.10. The van der Waals surface area contributed by atoms with E-state index in [-0.39, 0.29) is 30.6 Å². The average molecular weight is 330 g/mol. The molecule has 2 aromatic rings. The number of carbonyl (C=O) groups is 2. The Morgan fingerprint density at radius 3 is 2.50 bits per heavy atom. The predicted octanol–water partition coefficient (Wildman–Crippen LogP) is 3.22. The molecule has 0 atom stereocenters. The smallest absolute Gasteiger partial charge is 0.226 e. The van der Waals surface area contributed by atoms with Gasteiger partial charge in [-0.3, -0.25) is 9.59 Å². The molecular weight excluding hydrogens is 311 g/mol. The summed E-state index contributed by atoms with van der Waals surface area (Å²) >= 11 is 0. The fourth-order valence-corrected chi connectivity index (χ4v) is 2.23. The number of benzene rings is 2. The summed E-state index contributed by atoms with van der Waals surface area (Å²) in [6, 6.07) is 12.6. The molecule has 2 rings (SSSR count). The number of carbonyl (C=O) groups excluding carboxylic acids is 2. The minimum atomic E-state index is -0.377.